The summed E-state index contributed by atoms with van der Waals surface area (Å²) in [5.41, 5.74) is -7.19. The van der Waals surface area contributed by atoms with E-state index in [9.17, 15) is 49.6 Å². The maximum Gasteiger partial charge on any atom is 0.332 e. The topological polar surface area (TPSA) is 250 Å². The lowest BCUT2D eigenvalue weighted by Crippen LogP contribution is -2.70. The minimum absolute atomic E-state index is 0.0486. The summed E-state index contributed by atoms with van der Waals surface area (Å²) in [5, 5.41) is 41.9. The van der Waals surface area contributed by atoms with Crippen molar-refractivity contribution in [3.63, 3.8) is 0 Å². The Bertz CT molecular complexity index is 1420. The third-order valence-corrected chi connectivity index (χ3v) is 10.6. The lowest BCUT2D eigenvalue weighted by atomic mass is 9.44. The summed E-state index contributed by atoms with van der Waals surface area (Å²) in [6, 6.07) is 0. The third kappa shape index (κ3) is 7.22. The van der Waals surface area contributed by atoms with Gasteiger partial charge in [0.1, 0.15) is 19.3 Å². The van der Waals surface area contributed by atoms with Gasteiger partial charge < -0.3 is 38.8 Å². The van der Waals surface area contributed by atoms with Gasteiger partial charge in [-0.05, 0) is 57.1 Å². The fourth-order valence-electron chi connectivity index (χ4n) is 8.38. The zero-order valence-corrected chi connectivity index (χ0v) is 27.6. The van der Waals surface area contributed by atoms with Gasteiger partial charge in [-0.25, -0.2) is 9.18 Å². The van der Waals surface area contributed by atoms with Crippen molar-refractivity contribution in [2.24, 2.45) is 22.7 Å². The van der Waals surface area contributed by atoms with E-state index >= 15 is 4.39 Å². The number of carbonyl (C=O) groups is 4. The molecule has 8 atom stereocenters. The molecule has 3 saturated carbocycles. The van der Waals surface area contributed by atoms with Crippen LogP contribution >= 0.6 is 0 Å². The van der Waals surface area contributed by atoms with Crippen LogP contribution in [-0.4, -0.2) is 114 Å². The van der Waals surface area contributed by atoms with Crippen LogP contribution in [0.2, 0.25) is 0 Å². The Labute approximate surface area is 285 Å². The SMILES string of the molecule is C[C@]12C=CC(=O)C=C1CCC1C3C[C@@H](O)[C@](OC(=O)CCCO[N+](=O)[O-])(C(=O)COC(=O)COCCOCCO[N+](=O)[O-])[C@@]3(C)C[C@H](O)[C@@]12F. The van der Waals surface area contributed by atoms with E-state index in [0.717, 1.165) is 0 Å². The Morgan fingerprint density at radius 3 is 2.30 bits per heavy atom. The lowest BCUT2D eigenvalue weighted by Gasteiger charge is -2.62. The van der Waals surface area contributed by atoms with Gasteiger partial charge in [0.25, 0.3) is 10.2 Å². The molecule has 4 aliphatic rings. The molecule has 2 unspecified atom stereocenters. The molecule has 0 aromatic carbocycles. The smallest absolute Gasteiger partial charge is 0.332 e. The maximum absolute atomic E-state index is 17.6. The second-order valence-electron chi connectivity index (χ2n) is 13.2. The molecule has 3 fully saturated rings. The first kappa shape index (κ1) is 38.7. The van der Waals surface area contributed by atoms with Crippen molar-refractivity contribution in [3.05, 3.63) is 44.0 Å². The summed E-state index contributed by atoms with van der Waals surface area (Å²) in [7, 11) is 0. The minimum atomic E-state index is -2.42. The van der Waals surface area contributed by atoms with Crippen molar-refractivity contribution >= 4 is 23.5 Å². The van der Waals surface area contributed by atoms with Gasteiger partial charge in [-0.3, -0.25) is 14.4 Å². The fourth-order valence-corrected chi connectivity index (χ4v) is 8.38. The first-order valence-electron chi connectivity index (χ1n) is 16.1. The molecular weight excluding hydrogens is 675 g/mol. The molecule has 0 amide bonds. The Morgan fingerprint density at radius 2 is 1.60 bits per heavy atom. The molecule has 0 radical (unpaired) electrons. The van der Waals surface area contributed by atoms with Gasteiger partial charge in [0.2, 0.25) is 11.4 Å². The number of Topliss-reactive ketones (excluding diaryl/α,β-unsaturated/α-hetero) is 1. The number of ether oxygens (including phenoxy) is 4. The predicted molar refractivity (Wildman–Crippen MR) is 161 cm³/mol. The molecule has 0 aliphatic heterocycles. The highest BCUT2D eigenvalue weighted by atomic mass is 19.1. The summed E-state index contributed by atoms with van der Waals surface area (Å²) in [4.78, 5) is 80.8. The van der Waals surface area contributed by atoms with E-state index in [1.54, 1.807) is 6.92 Å². The summed E-state index contributed by atoms with van der Waals surface area (Å²) < 4.78 is 38.7. The van der Waals surface area contributed by atoms with Crippen LogP contribution in [0.3, 0.4) is 0 Å². The van der Waals surface area contributed by atoms with Gasteiger partial charge in [-0.2, -0.15) is 0 Å². The molecule has 2 N–H and O–H groups in total. The molecule has 0 aromatic heterocycles. The average Bonchev–Trinajstić information content (AvgIpc) is 3.26. The first-order valence-corrected chi connectivity index (χ1v) is 16.1. The van der Waals surface area contributed by atoms with E-state index in [-0.39, 0.29) is 51.5 Å². The maximum atomic E-state index is 17.6. The number of fused-ring (bicyclic) bond motifs is 5. The van der Waals surface area contributed by atoms with Crippen LogP contribution in [0, 0.1) is 42.9 Å². The molecule has 18 nitrogen and oxygen atoms in total. The number of aliphatic hydroxyl groups excluding tert-OH is 2. The van der Waals surface area contributed by atoms with Crippen molar-refractivity contribution in [2.45, 2.75) is 75.9 Å². The number of rotatable bonds is 18. The summed E-state index contributed by atoms with van der Waals surface area (Å²) >= 11 is 0. The summed E-state index contributed by atoms with van der Waals surface area (Å²) in [5.74, 6) is -5.18. The van der Waals surface area contributed by atoms with Crippen LogP contribution in [-0.2, 0) is 47.8 Å². The Hall–Kier alpha value is -4.07. The highest BCUT2D eigenvalue weighted by Gasteiger charge is 2.78. The average molecular weight is 717 g/mol. The quantitative estimate of drug-likeness (QED) is 0.0867. The number of hydrogen-bond donors (Lipinski definition) is 2. The summed E-state index contributed by atoms with van der Waals surface area (Å²) in [6.07, 6.45) is -0.308. The zero-order valence-electron chi connectivity index (χ0n) is 27.6. The lowest BCUT2D eigenvalue weighted by molar-refractivity contribution is -0.758. The molecule has 0 bridgehead atoms. The molecule has 4 rings (SSSR count). The second-order valence-corrected chi connectivity index (χ2v) is 13.2. The third-order valence-electron chi connectivity index (χ3n) is 10.6. The van der Waals surface area contributed by atoms with Gasteiger partial charge in [0.05, 0.1) is 32.5 Å². The predicted octanol–water partition coefficient (Wildman–Crippen LogP) is 0.952. The monoisotopic (exact) mass is 716 g/mol. The highest BCUT2D eigenvalue weighted by molar-refractivity contribution is 6.01. The minimum Gasteiger partial charge on any atom is -0.456 e. The van der Waals surface area contributed by atoms with E-state index in [1.807, 2.05) is 0 Å². The van der Waals surface area contributed by atoms with Gasteiger partial charge in [0.15, 0.2) is 18.1 Å². The number of allylic oxidation sites excluding steroid dienone is 4. The molecule has 0 saturated heterocycles. The summed E-state index contributed by atoms with van der Waals surface area (Å²) in [6.45, 7) is 0.425. The first-order chi connectivity index (χ1) is 23.5. The van der Waals surface area contributed by atoms with E-state index in [4.69, 9.17) is 18.9 Å². The van der Waals surface area contributed by atoms with Crippen LogP contribution in [0.4, 0.5) is 4.39 Å². The standard InChI is InChI=1S/C31H41FN2O16/c1-28-8-7-20(35)14-19(28)5-6-21-22-15-23(36)31(29(22,2)16-24(37)30(21,28)32,50-26(39)4-3-9-48-33(41)42)25(38)17-47-27(40)18-46-11-10-45-12-13-49-34(43)44/h7-8,14,21-24,36-37H,3-6,9-13,15-18H2,1-2H3/t21?,22?,23-,24+,28+,29+,30+,31+/m1/s1. The number of halogens is 1. The number of aliphatic hydroxyl groups is 2. The van der Waals surface area contributed by atoms with Crippen molar-refractivity contribution in [1.29, 1.82) is 0 Å². The van der Waals surface area contributed by atoms with Gasteiger partial charge in [0, 0.05) is 23.2 Å². The molecule has 0 heterocycles. The van der Waals surface area contributed by atoms with Crippen LogP contribution < -0.4 is 0 Å². The number of carbonyl (C=O) groups excluding carboxylic acids is 4. The van der Waals surface area contributed by atoms with E-state index in [1.165, 1.54) is 25.2 Å². The van der Waals surface area contributed by atoms with Crippen LogP contribution in [0.5, 0.6) is 0 Å². The molecule has 19 heteroatoms. The van der Waals surface area contributed by atoms with Gasteiger partial charge in [-0.15, -0.1) is 20.2 Å². The Balaban J connectivity index is 1.52. The molecule has 50 heavy (non-hydrogen) atoms. The van der Waals surface area contributed by atoms with Crippen molar-refractivity contribution in [3.8, 4) is 0 Å². The number of alkyl halides is 1. The van der Waals surface area contributed by atoms with Crippen LogP contribution in [0.1, 0.15) is 52.4 Å². The zero-order chi connectivity index (χ0) is 36.9. The number of nitrogens with zero attached hydrogens (tertiary/aromatic N) is 2. The molecule has 4 aliphatic carbocycles. The Morgan fingerprint density at radius 1 is 0.940 bits per heavy atom. The fraction of sp³-hybridized carbons (Fsp3) is 0.742. The number of ketones is 2. The molecular formula is C31H41FN2O16. The van der Waals surface area contributed by atoms with Crippen molar-refractivity contribution in [1.82, 2.24) is 0 Å². The number of esters is 2. The molecule has 278 valence electrons. The van der Waals surface area contributed by atoms with Gasteiger partial charge >= 0.3 is 11.9 Å². The normalized spacial score (nSPS) is 34.0. The van der Waals surface area contributed by atoms with E-state index in [0.29, 0.717) is 12.0 Å². The van der Waals surface area contributed by atoms with E-state index < -0.39 is 107 Å². The molecule has 0 aromatic rings. The molecule has 0 spiro atoms. The largest absolute Gasteiger partial charge is 0.456 e. The van der Waals surface area contributed by atoms with Gasteiger partial charge in [-0.1, -0.05) is 18.6 Å². The van der Waals surface area contributed by atoms with Crippen molar-refractivity contribution < 1.29 is 72.6 Å². The highest BCUT2D eigenvalue weighted by Crippen LogP contribution is 2.70. The van der Waals surface area contributed by atoms with E-state index in [2.05, 4.69) is 9.68 Å². The second kappa shape index (κ2) is 15.4. The van der Waals surface area contributed by atoms with Crippen molar-refractivity contribution in [2.75, 3.05) is 46.2 Å². The van der Waals surface area contributed by atoms with Crippen LogP contribution in [0.15, 0.2) is 23.8 Å². The van der Waals surface area contributed by atoms with Crippen LogP contribution in [0.25, 0.3) is 0 Å². The number of hydrogen-bond acceptors (Lipinski definition) is 16. The Kier molecular flexibility index (Phi) is 12.0.